The minimum absolute atomic E-state index is 0.109. The van der Waals surface area contributed by atoms with Gasteiger partial charge in [-0.2, -0.15) is 0 Å². The highest BCUT2D eigenvalue weighted by atomic mass is 16.6. The van der Waals surface area contributed by atoms with Crippen molar-refractivity contribution in [2.24, 2.45) is 5.92 Å². The van der Waals surface area contributed by atoms with Crippen molar-refractivity contribution in [3.8, 4) is 5.75 Å². The van der Waals surface area contributed by atoms with E-state index in [1.165, 1.54) is 16.8 Å². The Balaban J connectivity index is 1.50. The largest absolute Gasteiger partial charge is 0.482 e. The molecular formula is C30H35N3O8. The number of H-pyrrole nitrogens is 1. The van der Waals surface area contributed by atoms with Crippen LogP contribution < -0.4 is 16.0 Å². The van der Waals surface area contributed by atoms with Gasteiger partial charge >= 0.3 is 11.7 Å². The molecule has 11 heteroatoms. The van der Waals surface area contributed by atoms with Crippen molar-refractivity contribution in [3.63, 3.8) is 0 Å². The number of carbonyl (C=O) groups is 2. The molecule has 1 amide bonds. The van der Waals surface area contributed by atoms with Crippen LogP contribution in [0.25, 0.3) is 0 Å². The molecule has 1 fully saturated rings. The molecule has 4 rings (SSSR count). The van der Waals surface area contributed by atoms with Crippen LogP contribution in [0.5, 0.6) is 5.75 Å². The number of rotatable bonds is 9. The van der Waals surface area contributed by atoms with E-state index in [-0.39, 0.29) is 32.0 Å². The molecule has 1 aliphatic carbocycles. The van der Waals surface area contributed by atoms with Gasteiger partial charge in [0.15, 0.2) is 6.61 Å². The first-order valence-electron chi connectivity index (χ1n) is 13.4. The highest BCUT2D eigenvalue weighted by molar-refractivity contribution is 5.94. The second-order valence-corrected chi connectivity index (χ2v) is 11.1. The number of nitrogens with one attached hydrogen (secondary N) is 1. The number of ether oxygens (including phenoxy) is 2. The highest BCUT2D eigenvalue weighted by Crippen LogP contribution is 2.35. The molecule has 3 aromatic rings. The summed E-state index contributed by atoms with van der Waals surface area (Å²) in [5, 5.41) is 21.6. The van der Waals surface area contributed by atoms with Gasteiger partial charge in [0.25, 0.3) is 11.5 Å². The third kappa shape index (κ3) is 7.71. The van der Waals surface area contributed by atoms with Crippen LogP contribution in [0.4, 0.5) is 0 Å². The quantitative estimate of drug-likeness (QED) is 0.333. The van der Waals surface area contributed by atoms with Crippen LogP contribution >= 0.6 is 0 Å². The van der Waals surface area contributed by atoms with Crippen LogP contribution in [-0.2, 0) is 16.1 Å². The molecule has 0 bridgehead atoms. The van der Waals surface area contributed by atoms with Gasteiger partial charge in [0.1, 0.15) is 17.5 Å². The summed E-state index contributed by atoms with van der Waals surface area (Å²) in [6.07, 6.45) is -0.958. The predicted octanol–water partition coefficient (Wildman–Crippen LogP) is 1.88. The number of aliphatic hydroxyl groups is 2. The Hall–Kier alpha value is -4.22. The van der Waals surface area contributed by atoms with Crippen LogP contribution in [0.15, 0.2) is 76.4 Å². The maximum Gasteiger partial charge on any atom is 0.344 e. The summed E-state index contributed by atoms with van der Waals surface area (Å²) in [7, 11) is 0. The lowest BCUT2D eigenvalue weighted by molar-refractivity contribution is -0.157. The fourth-order valence-electron chi connectivity index (χ4n) is 4.94. The molecule has 218 valence electrons. The molecule has 0 spiro atoms. The Bertz CT molecular complexity index is 1460. The molecule has 0 aliphatic heterocycles. The van der Waals surface area contributed by atoms with Gasteiger partial charge in [-0.15, -0.1) is 0 Å². The number of hydrogen-bond acceptors (Lipinski definition) is 8. The maximum atomic E-state index is 13.7. The molecule has 1 heterocycles. The van der Waals surface area contributed by atoms with Gasteiger partial charge in [0.05, 0.1) is 12.1 Å². The normalized spacial score (nSPS) is 20.4. The van der Waals surface area contributed by atoms with E-state index < -0.39 is 47.0 Å². The van der Waals surface area contributed by atoms with E-state index >= 15 is 0 Å². The van der Waals surface area contributed by atoms with E-state index in [9.17, 15) is 29.4 Å². The van der Waals surface area contributed by atoms with E-state index in [2.05, 4.69) is 4.98 Å². The average Bonchev–Trinajstić information content (AvgIpc) is 3.19. The number of aliphatic hydroxyl groups excluding tert-OH is 2. The van der Waals surface area contributed by atoms with Crippen molar-refractivity contribution in [3.05, 3.63) is 98.8 Å². The van der Waals surface area contributed by atoms with Crippen LogP contribution in [0.3, 0.4) is 0 Å². The molecule has 1 saturated carbocycles. The van der Waals surface area contributed by atoms with Gasteiger partial charge in [0.2, 0.25) is 0 Å². The molecule has 11 nitrogen and oxygen atoms in total. The smallest absolute Gasteiger partial charge is 0.344 e. The molecule has 1 aromatic heterocycles. The first kappa shape index (κ1) is 29.8. The van der Waals surface area contributed by atoms with Crippen molar-refractivity contribution in [1.29, 1.82) is 0 Å². The summed E-state index contributed by atoms with van der Waals surface area (Å²) in [6.45, 7) is 5.38. The molecule has 41 heavy (non-hydrogen) atoms. The maximum absolute atomic E-state index is 13.7. The zero-order chi connectivity index (χ0) is 29.7. The lowest BCUT2D eigenvalue weighted by atomic mass is 10.0. The molecule has 0 unspecified atom stereocenters. The zero-order valence-electron chi connectivity index (χ0n) is 23.2. The van der Waals surface area contributed by atoms with E-state index in [1.807, 2.05) is 30.3 Å². The van der Waals surface area contributed by atoms with Crippen molar-refractivity contribution in [1.82, 2.24) is 14.5 Å². The van der Waals surface area contributed by atoms with Gasteiger partial charge in [0, 0.05) is 36.8 Å². The van der Waals surface area contributed by atoms with Gasteiger partial charge in [-0.1, -0.05) is 30.3 Å². The number of benzene rings is 2. The van der Waals surface area contributed by atoms with Crippen molar-refractivity contribution < 1.29 is 29.3 Å². The van der Waals surface area contributed by atoms with Gasteiger partial charge in [-0.25, -0.2) is 9.59 Å². The van der Waals surface area contributed by atoms with E-state index in [1.54, 1.807) is 49.9 Å². The monoisotopic (exact) mass is 565 g/mol. The Morgan fingerprint density at radius 1 is 1.00 bits per heavy atom. The number of aromatic amines is 1. The predicted molar refractivity (Wildman–Crippen MR) is 149 cm³/mol. The summed E-state index contributed by atoms with van der Waals surface area (Å²) in [5.74, 6) is -0.964. The van der Waals surface area contributed by atoms with Crippen LogP contribution in [0.1, 0.15) is 49.2 Å². The number of hydrogen-bond donors (Lipinski definition) is 3. The third-order valence-electron chi connectivity index (χ3n) is 6.82. The topological polar surface area (TPSA) is 151 Å². The fourth-order valence-corrected chi connectivity index (χ4v) is 4.94. The molecule has 0 saturated heterocycles. The van der Waals surface area contributed by atoms with Crippen molar-refractivity contribution in [2.75, 3.05) is 13.2 Å². The van der Waals surface area contributed by atoms with Crippen molar-refractivity contribution in [2.45, 2.75) is 57.6 Å². The first-order valence-corrected chi connectivity index (χ1v) is 13.4. The summed E-state index contributed by atoms with van der Waals surface area (Å²) >= 11 is 0. The van der Waals surface area contributed by atoms with Gasteiger partial charge in [-0.3, -0.25) is 19.1 Å². The number of amides is 1. The minimum atomic E-state index is -1.27. The standard InChI is InChI=1S/C30H35N3O8/c1-30(2,3)41-25(35)18-40-22-11-9-20(10-12-22)28(38)32(16-19-7-5-4-6-8-19)17-21-15-23(27(37)26(21)36)33-14-13-24(34)31-29(33)39/h4-14,21,23,26-27,36-37H,15-18H2,1-3H3,(H,31,34,39)/t21-,23+,26+,27+/m0/s1. The summed E-state index contributed by atoms with van der Waals surface area (Å²) < 4.78 is 11.9. The molecular weight excluding hydrogens is 530 g/mol. The summed E-state index contributed by atoms with van der Waals surface area (Å²) in [4.78, 5) is 53.2. The molecule has 3 N–H and O–H groups in total. The van der Waals surface area contributed by atoms with Crippen LogP contribution in [0.2, 0.25) is 0 Å². The molecule has 0 radical (unpaired) electrons. The fraction of sp³-hybridized carbons (Fsp3) is 0.400. The Morgan fingerprint density at radius 3 is 2.32 bits per heavy atom. The van der Waals surface area contributed by atoms with E-state index in [0.29, 0.717) is 11.3 Å². The van der Waals surface area contributed by atoms with E-state index in [4.69, 9.17) is 9.47 Å². The minimum Gasteiger partial charge on any atom is -0.482 e. The lowest BCUT2D eigenvalue weighted by Gasteiger charge is -2.28. The van der Waals surface area contributed by atoms with Gasteiger partial charge < -0.3 is 24.6 Å². The summed E-state index contributed by atoms with van der Waals surface area (Å²) in [5.41, 5.74) is -0.624. The Morgan fingerprint density at radius 2 is 1.68 bits per heavy atom. The molecule has 2 aromatic carbocycles. The number of esters is 1. The SMILES string of the molecule is CC(C)(C)OC(=O)COc1ccc(C(=O)N(Cc2ccccc2)C[C@@H]2C[C@@H](n3ccc(=O)[nH]c3=O)[C@@H](O)[C@@H]2O)cc1. The second kappa shape index (κ2) is 12.5. The summed E-state index contributed by atoms with van der Waals surface area (Å²) in [6, 6.07) is 16.1. The number of nitrogens with zero attached hydrogens (tertiary/aromatic N) is 2. The van der Waals surface area contributed by atoms with Crippen LogP contribution in [0, 0.1) is 5.92 Å². The Labute approximate surface area is 237 Å². The lowest BCUT2D eigenvalue weighted by Crippen LogP contribution is -2.39. The average molecular weight is 566 g/mol. The van der Waals surface area contributed by atoms with Gasteiger partial charge in [-0.05, 0) is 57.0 Å². The van der Waals surface area contributed by atoms with Crippen LogP contribution in [-0.4, -0.2) is 67.5 Å². The third-order valence-corrected chi connectivity index (χ3v) is 6.82. The van der Waals surface area contributed by atoms with Crippen molar-refractivity contribution >= 4 is 11.9 Å². The second-order valence-electron chi connectivity index (χ2n) is 11.1. The first-order chi connectivity index (χ1) is 19.4. The molecule has 1 aliphatic rings. The molecule has 4 atom stereocenters. The Kier molecular flexibility index (Phi) is 9.09. The number of carbonyl (C=O) groups excluding carboxylic acids is 2. The highest BCUT2D eigenvalue weighted by Gasteiger charge is 2.43. The zero-order valence-corrected chi connectivity index (χ0v) is 23.2. The van der Waals surface area contributed by atoms with E-state index in [0.717, 1.165) is 5.56 Å². The number of aromatic nitrogens is 2.